The molecule has 0 aliphatic carbocycles. The third-order valence-corrected chi connectivity index (χ3v) is 3.46. The molecule has 0 radical (unpaired) electrons. The van der Waals surface area contributed by atoms with E-state index in [4.69, 9.17) is 4.84 Å². The molecule has 0 aromatic heterocycles. The van der Waals surface area contributed by atoms with Crippen molar-refractivity contribution in [1.29, 1.82) is 0 Å². The van der Waals surface area contributed by atoms with Gasteiger partial charge in [0.15, 0.2) is 0 Å². The Morgan fingerprint density at radius 2 is 1.58 bits per heavy atom. The van der Waals surface area contributed by atoms with Crippen molar-refractivity contribution in [2.75, 3.05) is 0 Å². The zero-order valence-electron chi connectivity index (χ0n) is 10.7. The molecular formula is C16H15NO2. The molecule has 2 aromatic rings. The van der Waals surface area contributed by atoms with Crippen LogP contribution in [0.5, 0.6) is 0 Å². The van der Waals surface area contributed by atoms with E-state index in [1.54, 1.807) is 0 Å². The first-order valence-corrected chi connectivity index (χ1v) is 6.27. The van der Waals surface area contributed by atoms with Crippen LogP contribution in [-0.4, -0.2) is 10.8 Å². The third kappa shape index (κ3) is 1.92. The Bertz CT molecular complexity index is 595. The number of hydrogen-bond donors (Lipinski definition) is 1. The van der Waals surface area contributed by atoms with Crippen LogP contribution in [0.2, 0.25) is 0 Å². The number of benzene rings is 2. The molecule has 3 heteroatoms. The van der Waals surface area contributed by atoms with Gasteiger partial charge >= 0.3 is 0 Å². The molecule has 0 bridgehead atoms. The molecule has 19 heavy (non-hydrogen) atoms. The molecule has 1 N–H and O–H groups in total. The smallest absolute Gasteiger partial charge is 0.273 e. The lowest BCUT2D eigenvalue weighted by molar-refractivity contribution is -0.203. The van der Waals surface area contributed by atoms with E-state index in [2.05, 4.69) is 5.16 Å². The summed E-state index contributed by atoms with van der Waals surface area (Å²) in [6.07, 6.45) is 0. The standard InChI is InChI=1S/C16H15NO2/c1-12-15(13-8-4-2-5-9-13)16(18,19-17-12)14-10-6-3-7-11-14/h2-11,15,18H,1H3. The number of rotatable bonds is 2. The summed E-state index contributed by atoms with van der Waals surface area (Å²) in [6.45, 7) is 1.87. The second-order valence-corrected chi connectivity index (χ2v) is 4.73. The van der Waals surface area contributed by atoms with Crippen molar-refractivity contribution >= 4 is 5.71 Å². The van der Waals surface area contributed by atoms with E-state index in [1.165, 1.54) is 0 Å². The molecule has 96 valence electrons. The maximum atomic E-state index is 10.9. The normalized spacial score (nSPS) is 25.8. The highest BCUT2D eigenvalue weighted by atomic mass is 16.7. The van der Waals surface area contributed by atoms with Crippen molar-refractivity contribution in [2.45, 2.75) is 18.6 Å². The second kappa shape index (κ2) is 4.52. The van der Waals surface area contributed by atoms with E-state index in [0.717, 1.165) is 11.3 Å². The predicted octanol–water partition coefficient (Wildman–Crippen LogP) is 3.02. The predicted molar refractivity (Wildman–Crippen MR) is 73.7 cm³/mol. The summed E-state index contributed by atoms with van der Waals surface area (Å²) in [7, 11) is 0. The minimum Gasteiger partial charge on any atom is -0.354 e. The highest BCUT2D eigenvalue weighted by molar-refractivity contribution is 5.90. The lowest BCUT2D eigenvalue weighted by Gasteiger charge is -2.28. The molecule has 2 aromatic carbocycles. The molecule has 2 unspecified atom stereocenters. The van der Waals surface area contributed by atoms with Gasteiger partial charge in [0.05, 0.1) is 11.6 Å². The third-order valence-electron chi connectivity index (χ3n) is 3.46. The fourth-order valence-corrected chi connectivity index (χ4v) is 2.54. The quantitative estimate of drug-likeness (QED) is 0.893. The lowest BCUT2D eigenvalue weighted by atomic mass is 9.83. The minimum atomic E-state index is -1.42. The summed E-state index contributed by atoms with van der Waals surface area (Å²) in [6, 6.07) is 19.2. The van der Waals surface area contributed by atoms with Crippen LogP contribution >= 0.6 is 0 Å². The van der Waals surface area contributed by atoms with Gasteiger partial charge in [0.25, 0.3) is 5.79 Å². The number of aliphatic hydroxyl groups is 1. The van der Waals surface area contributed by atoms with E-state index in [9.17, 15) is 5.11 Å². The summed E-state index contributed by atoms with van der Waals surface area (Å²) >= 11 is 0. The van der Waals surface area contributed by atoms with Gasteiger partial charge in [-0.25, -0.2) is 0 Å². The van der Waals surface area contributed by atoms with Crippen molar-refractivity contribution in [2.24, 2.45) is 5.16 Å². The highest BCUT2D eigenvalue weighted by Gasteiger charge is 2.48. The molecule has 1 aliphatic heterocycles. The fraction of sp³-hybridized carbons (Fsp3) is 0.188. The summed E-state index contributed by atoms with van der Waals surface area (Å²) in [4.78, 5) is 5.35. The van der Waals surface area contributed by atoms with Gasteiger partial charge in [-0.05, 0) is 12.5 Å². The Kier molecular flexibility index (Phi) is 2.84. The zero-order valence-corrected chi connectivity index (χ0v) is 10.7. The van der Waals surface area contributed by atoms with E-state index in [1.807, 2.05) is 67.6 Å². The summed E-state index contributed by atoms with van der Waals surface area (Å²) in [5, 5.41) is 14.9. The molecule has 1 heterocycles. The van der Waals surface area contributed by atoms with Gasteiger partial charge in [0.1, 0.15) is 0 Å². The first kappa shape index (κ1) is 11.9. The molecule has 0 saturated carbocycles. The van der Waals surface area contributed by atoms with Crippen LogP contribution in [0.4, 0.5) is 0 Å². The van der Waals surface area contributed by atoms with Crippen LogP contribution in [0.3, 0.4) is 0 Å². The molecule has 1 aliphatic rings. The van der Waals surface area contributed by atoms with Crippen molar-refractivity contribution in [1.82, 2.24) is 0 Å². The van der Waals surface area contributed by atoms with Crippen molar-refractivity contribution in [3.8, 4) is 0 Å². The molecule has 0 saturated heterocycles. The molecule has 0 amide bonds. The maximum Gasteiger partial charge on any atom is 0.273 e. The molecular weight excluding hydrogens is 238 g/mol. The SMILES string of the molecule is CC1=NOC(O)(c2ccccc2)C1c1ccccc1. The van der Waals surface area contributed by atoms with Gasteiger partial charge in [-0.1, -0.05) is 65.8 Å². The van der Waals surface area contributed by atoms with E-state index < -0.39 is 5.79 Å². The molecule has 3 rings (SSSR count). The van der Waals surface area contributed by atoms with E-state index in [-0.39, 0.29) is 5.92 Å². The average molecular weight is 253 g/mol. The van der Waals surface area contributed by atoms with Gasteiger partial charge < -0.3 is 9.94 Å². The van der Waals surface area contributed by atoms with Gasteiger partial charge in [-0.15, -0.1) is 0 Å². The highest BCUT2D eigenvalue weighted by Crippen LogP contribution is 2.43. The van der Waals surface area contributed by atoms with Crippen LogP contribution in [0.15, 0.2) is 65.8 Å². The number of hydrogen-bond acceptors (Lipinski definition) is 3. The summed E-state index contributed by atoms with van der Waals surface area (Å²) in [5.74, 6) is -1.71. The van der Waals surface area contributed by atoms with Crippen LogP contribution in [-0.2, 0) is 10.6 Å². The Morgan fingerprint density at radius 3 is 2.21 bits per heavy atom. The second-order valence-electron chi connectivity index (χ2n) is 4.73. The van der Waals surface area contributed by atoms with Crippen LogP contribution in [0, 0.1) is 0 Å². The molecule has 0 spiro atoms. The average Bonchev–Trinajstić information content (AvgIpc) is 2.78. The number of oxime groups is 1. The zero-order chi connectivity index (χ0) is 13.3. The molecule has 0 fully saturated rings. The van der Waals surface area contributed by atoms with Gasteiger partial charge in [-0.3, -0.25) is 0 Å². The van der Waals surface area contributed by atoms with Gasteiger partial charge in [-0.2, -0.15) is 0 Å². The van der Waals surface area contributed by atoms with Crippen molar-refractivity contribution < 1.29 is 9.94 Å². The summed E-state index contributed by atoms with van der Waals surface area (Å²) in [5.41, 5.74) is 2.48. The Morgan fingerprint density at radius 1 is 1.00 bits per heavy atom. The van der Waals surface area contributed by atoms with Crippen LogP contribution in [0.1, 0.15) is 24.0 Å². The topological polar surface area (TPSA) is 41.8 Å². The Hall–Kier alpha value is -2.13. The van der Waals surface area contributed by atoms with Crippen LogP contribution in [0.25, 0.3) is 0 Å². The minimum absolute atomic E-state index is 0.281. The fourth-order valence-electron chi connectivity index (χ4n) is 2.54. The monoisotopic (exact) mass is 253 g/mol. The molecule has 3 nitrogen and oxygen atoms in total. The van der Waals surface area contributed by atoms with Crippen molar-refractivity contribution in [3.63, 3.8) is 0 Å². The first-order valence-electron chi connectivity index (χ1n) is 6.27. The maximum absolute atomic E-state index is 10.9. The van der Waals surface area contributed by atoms with E-state index >= 15 is 0 Å². The van der Waals surface area contributed by atoms with E-state index in [0.29, 0.717) is 5.56 Å². The lowest BCUT2D eigenvalue weighted by Crippen LogP contribution is -2.33. The largest absolute Gasteiger partial charge is 0.354 e. The Labute approximate surface area is 112 Å². The molecule has 2 atom stereocenters. The van der Waals surface area contributed by atoms with Gasteiger partial charge in [0.2, 0.25) is 0 Å². The Balaban J connectivity index is 2.08. The van der Waals surface area contributed by atoms with Gasteiger partial charge in [0, 0.05) is 5.56 Å². The number of nitrogens with zero attached hydrogens (tertiary/aromatic N) is 1. The first-order chi connectivity index (χ1) is 9.22. The summed E-state index contributed by atoms with van der Waals surface area (Å²) < 4.78 is 0. The van der Waals surface area contributed by atoms with Crippen LogP contribution < -0.4 is 0 Å². The van der Waals surface area contributed by atoms with Crippen molar-refractivity contribution in [3.05, 3.63) is 71.8 Å².